The van der Waals surface area contributed by atoms with Crippen LogP contribution in [0.15, 0.2) is 48.5 Å². The number of hydrogen-bond donors (Lipinski definition) is 3. The van der Waals surface area contributed by atoms with Crippen molar-refractivity contribution in [3.63, 3.8) is 0 Å². The largest absolute Gasteiger partial charge is 0.454 e. The molecule has 1 amide bonds. The van der Waals surface area contributed by atoms with E-state index in [4.69, 9.17) is 14.2 Å². The van der Waals surface area contributed by atoms with Crippen molar-refractivity contribution >= 4 is 15.9 Å². The average molecular weight is 477 g/mol. The predicted molar refractivity (Wildman–Crippen MR) is 120 cm³/mol. The van der Waals surface area contributed by atoms with E-state index < -0.39 is 16.1 Å². The molecule has 178 valence electrons. The highest BCUT2D eigenvalue weighted by Gasteiger charge is 2.32. The number of fused-ring (bicyclic) bond motifs is 1. The minimum atomic E-state index is -3.45. The van der Waals surface area contributed by atoms with Gasteiger partial charge in [0.05, 0.1) is 24.5 Å². The minimum Gasteiger partial charge on any atom is -0.454 e. The molecule has 0 aromatic heterocycles. The number of aliphatic hydroxyl groups excluding tert-OH is 1. The third-order valence-corrected chi connectivity index (χ3v) is 7.09. The van der Waals surface area contributed by atoms with Gasteiger partial charge in [0.1, 0.15) is 6.10 Å². The molecule has 1 fully saturated rings. The number of benzene rings is 2. The first kappa shape index (κ1) is 23.5. The van der Waals surface area contributed by atoms with E-state index in [0.29, 0.717) is 36.3 Å². The van der Waals surface area contributed by atoms with Crippen LogP contribution in [0.25, 0.3) is 0 Å². The van der Waals surface area contributed by atoms with Gasteiger partial charge in [-0.2, -0.15) is 0 Å². The fourth-order valence-electron chi connectivity index (χ4n) is 4.02. The molecule has 10 heteroatoms. The maximum atomic E-state index is 12.7. The molecule has 9 nitrogen and oxygen atoms in total. The van der Waals surface area contributed by atoms with E-state index in [1.54, 1.807) is 42.5 Å². The zero-order chi connectivity index (χ0) is 23.3. The maximum Gasteiger partial charge on any atom is 0.251 e. The molecule has 2 aliphatic heterocycles. The first-order chi connectivity index (χ1) is 15.9. The van der Waals surface area contributed by atoms with Crippen molar-refractivity contribution in [2.24, 2.45) is 0 Å². The van der Waals surface area contributed by atoms with Crippen LogP contribution in [0.2, 0.25) is 0 Å². The number of hydrogen-bond acceptors (Lipinski definition) is 7. The Morgan fingerprint density at radius 3 is 2.64 bits per heavy atom. The second-order valence-corrected chi connectivity index (χ2v) is 9.94. The SMILES string of the molecule is O=C(N[C@@H]1CC[C@@H](CCNS(=O)(=O)Cc2ccccc2)O[C@@H]1CO)c1ccc2c(c1)OCO2. The van der Waals surface area contributed by atoms with Crippen LogP contribution in [0.3, 0.4) is 0 Å². The highest BCUT2D eigenvalue weighted by atomic mass is 32.2. The highest BCUT2D eigenvalue weighted by Crippen LogP contribution is 2.32. The Kier molecular flexibility index (Phi) is 7.49. The molecule has 1 saturated heterocycles. The molecule has 0 bridgehead atoms. The van der Waals surface area contributed by atoms with Crippen molar-refractivity contribution in [2.75, 3.05) is 19.9 Å². The molecule has 0 unspecified atom stereocenters. The molecular formula is C23H28N2O7S. The summed E-state index contributed by atoms with van der Waals surface area (Å²) in [7, 11) is -3.45. The lowest BCUT2D eigenvalue weighted by Crippen LogP contribution is -2.51. The van der Waals surface area contributed by atoms with Gasteiger partial charge in [0.15, 0.2) is 11.5 Å². The van der Waals surface area contributed by atoms with E-state index in [-0.39, 0.29) is 43.8 Å². The fourth-order valence-corrected chi connectivity index (χ4v) is 5.18. The lowest BCUT2D eigenvalue weighted by atomic mass is 9.96. The Hall–Kier alpha value is -2.66. The Labute approximate surface area is 193 Å². The second-order valence-electron chi connectivity index (χ2n) is 8.13. The third kappa shape index (κ3) is 6.23. The summed E-state index contributed by atoms with van der Waals surface area (Å²) in [6.45, 7) is 0.127. The van der Waals surface area contributed by atoms with E-state index >= 15 is 0 Å². The summed E-state index contributed by atoms with van der Waals surface area (Å²) in [4.78, 5) is 12.7. The van der Waals surface area contributed by atoms with Crippen LogP contribution < -0.4 is 19.5 Å². The summed E-state index contributed by atoms with van der Waals surface area (Å²) in [5, 5.41) is 12.7. The molecule has 4 rings (SSSR count). The van der Waals surface area contributed by atoms with Crippen LogP contribution in [0, 0.1) is 0 Å². The van der Waals surface area contributed by atoms with Gasteiger partial charge in [-0.05, 0) is 43.0 Å². The number of aliphatic hydroxyl groups is 1. The summed E-state index contributed by atoms with van der Waals surface area (Å²) in [5.41, 5.74) is 1.16. The van der Waals surface area contributed by atoms with Gasteiger partial charge in [0.25, 0.3) is 5.91 Å². The van der Waals surface area contributed by atoms with Gasteiger partial charge < -0.3 is 24.6 Å². The topological polar surface area (TPSA) is 123 Å². The molecule has 33 heavy (non-hydrogen) atoms. The number of carbonyl (C=O) groups is 1. The fraction of sp³-hybridized carbons (Fsp3) is 0.435. The maximum absolute atomic E-state index is 12.7. The van der Waals surface area contributed by atoms with E-state index in [1.807, 2.05) is 6.07 Å². The lowest BCUT2D eigenvalue weighted by molar-refractivity contribution is -0.0891. The summed E-state index contributed by atoms with van der Waals surface area (Å²) in [6, 6.07) is 13.6. The van der Waals surface area contributed by atoms with Crippen molar-refractivity contribution in [1.29, 1.82) is 0 Å². The summed E-state index contributed by atoms with van der Waals surface area (Å²) in [6.07, 6.45) is 0.960. The smallest absolute Gasteiger partial charge is 0.251 e. The molecular weight excluding hydrogens is 448 g/mol. The van der Waals surface area contributed by atoms with Crippen molar-refractivity contribution in [1.82, 2.24) is 10.0 Å². The molecule has 2 aliphatic rings. The number of rotatable bonds is 9. The van der Waals surface area contributed by atoms with Crippen molar-refractivity contribution in [3.05, 3.63) is 59.7 Å². The minimum absolute atomic E-state index is 0.0768. The number of nitrogens with one attached hydrogen (secondary N) is 2. The molecule has 2 aromatic carbocycles. The van der Waals surface area contributed by atoms with Gasteiger partial charge in [-0.25, -0.2) is 13.1 Å². The van der Waals surface area contributed by atoms with Gasteiger partial charge in [0.2, 0.25) is 16.8 Å². The molecule has 0 saturated carbocycles. The van der Waals surface area contributed by atoms with Crippen LogP contribution in [-0.4, -0.2) is 57.6 Å². The van der Waals surface area contributed by atoms with E-state index in [1.165, 1.54) is 0 Å². The van der Waals surface area contributed by atoms with Crippen LogP contribution in [0.5, 0.6) is 11.5 Å². The number of sulfonamides is 1. The summed E-state index contributed by atoms with van der Waals surface area (Å²) >= 11 is 0. The number of carbonyl (C=O) groups excluding carboxylic acids is 1. The third-order valence-electron chi connectivity index (χ3n) is 5.73. The molecule has 0 radical (unpaired) electrons. The van der Waals surface area contributed by atoms with Gasteiger partial charge in [-0.3, -0.25) is 4.79 Å². The second kappa shape index (κ2) is 10.5. The molecule has 2 heterocycles. The Morgan fingerprint density at radius 2 is 1.85 bits per heavy atom. The summed E-state index contributed by atoms with van der Waals surface area (Å²) < 4.78 is 43.7. The van der Waals surface area contributed by atoms with Crippen LogP contribution in [0.4, 0.5) is 0 Å². The first-order valence-electron chi connectivity index (χ1n) is 10.9. The Morgan fingerprint density at radius 1 is 1.06 bits per heavy atom. The van der Waals surface area contributed by atoms with Gasteiger partial charge in [-0.1, -0.05) is 30.3 Å². The molecule has 0 aliphatic carbocycles. The van der Waals surface area contributed by atoms with Gasteiger partial charge >= 0.3 is 0 Å². The van der Waals surface area contributed by atoms with Crippen LogP contribution in [0.1, 0.15) is 35.2 Å². The quantitative estimate of drug-likeness (QED) is 0.502. The van der Waals surface area contributed by atoms with Crippen molar-refractivity contribution in [3.8, 4) is 11.5 Å². The van der Waals surface area contributed by atoms with Crippen molar-refractivity contribution < 1.29 is 32.5 Å². The predicted octanol–water partition coefficient (Wildman–Crippen LogP) is 1.56. The van der Waals surface area contributed by atoms with Crippen molar-refractivity contribution in [2.45, 2.75) is 43.3 Å². The van der Waals surface area contributed by atoms with E-state index in [2.05, 4.69) is 10.0 Å². The molecule has 0 spiro atoms. The lowest BCUT2D eigenvalue weighted by Gasteiger charge is -2.36. The van der Waals surface area contributed by atoms with Crippen LogP contribution >= 0.6 is 0 Å². The highest BCUT2D eigenvalue weighted by molar-refractivity contribution is 7.88. The number of amides is 1. The molecule has 3 atom stereocenters. The average Bonchev–Trinajstić information content (AvgIpc) is 3.28. The molecule has 2 aromatic rings. The first-order valence-corrected chi connectivity index (χ1v) is 12.6. The standard InChI is InChI=1S/C23H28N2O7S/c26-13-22-19(25-23(27)17-6-9-20-21(12-17)31-15-30-20)8-7-18(32-22)10-11-24-33(28,29)14-16-4-2-1-3-5-16/h1-6,9,12,18-19,22,24,26H,7-8,10-11,13-15H2,(H,25,27)/t18-,19+,22+/m0/s1. The van der Waals surface area contributed by atoms with Crippen LogP contribution in [-0.2, 0) is 20.5 Å². The number of ether oxygens (including phenoxy) is 3. The normalized spacial score (nSPS) is 22.2. The zero-order valence-corrected chi connectivity index (χ0v) is 18.9. The summed E-state index contributed by atoms with van der Waals surface area (Å²) in [5.74, 6) is 0.763. The monoisotopic (exact) mass is 476 g/mol. The van der Waals surface area contributed by atoms with E-state index in [0.717, 1.165) is 5.56 Å². The van der Waals surface area contributed by atoms with Gasteiger partial charge in [-0.15, -0.1) is 0 Å². The van der Waals surface area contributed by atoms with E-state index in [9.17, 15) is 18.3 Å². The molecule has 3 N–H and O–H groups in total. The van der Waals surface area contributed by atoms with Gasteiger partial charge in [0, 0.05) is 12.1 Å². The Bertz CT molecular complexity index is 1060. The zero-order valence-electron chi connectivity index (χ0n) is 18.1. The Balaban J connectivity index is 1.25.